The second-order valence-electron chi connectivity index (χ2n) is 5.32. The zero-order chi connectivity index (χ0) is 15.7. The number of nitrogens with one attached hydrogen (secondary N) is 2. The second kappa shape index (κ2) is 5.64. The normalized spacial score (nSPS) is 19.2. The Bertz CT molecular complexity index is 617. The molecule has 0 saturated carbocycles. The smallest absolute Gasteiger partial charge is 0.245 e. The summed E-state index contributed by atoms with van der Waals surface area (Å²) in [4.78, 5) is 12.3. The molecular formula is C12H21N5O3S. The summed E-state index contributed by atoms with van der Waals surface area (Å²) in [6, 6.07) is 1.79. The number of hydrogen-bond donors (Lipinski definition) is 2. The number of sulfonamides is 1. The molecule has 2 heterocycles. The molecule has 0 aromatic carbocycles. The third-order valence-electron chi connectivity index (χ3n) is 3.79. The van der Waals surface area contributed by atoms with E-state index in [0.717, 1.165) is 0 Å². The van der Waals surface area contributed by atoms with Gasteiger partial charge in [-0.1, -0.05) is 0 Å². The van der Waals surface area contributed by atoms with Gasteiger partial charge in [0.25, 0.3) is 0 Å². The molecule has 0 bridgehead atoms. The molecule has 2 rings (SSSR count). The van der Waals surface area contributed by atoms with Gasteiger partial charge >= 0.3 is 0 Å². The first-order valence-electron chi connectivity index (χ1n) is 6.72. The lowest BCUT2D eigenvalue weighted by atomic mass is 9.87. The summed E-state index contributed by atoms with van der Waals surface area (Å²) in [5.74, 6) is 0.454. The number of aromatic nitrogens is 2. The molecule has 1 amide bonds. The van der Waals surface area contributed by atoms with Gasteiger partial charge in [0.15, 0.2) is 0 Å². The van der Waals surface area contributed by atoms with E-state index in [4.69, 9.17) is 0 Å². The molecule has 21 heavy (non-hydrogen) atoms. The van der Waals surface area contributed by atoms with Crippen molar-refractivity contribution in [3.05, 3.63) is 12.3 Å². The Labute approximate surface area is 124 Å². The van der Waals surface area contributed by atoms with Gasteiger partial charge in [-0.15, -0.1) is 0 Å². The van der Waals surface area contributed by atoms with Crippen molar-refractivity contribution in [3.8, 4) is 0 Å². The summed E-state index contributed by atoms with van der Waals surface area (Å²) in [5, 5.41) is 10.1. The standard InChI is InChI=1S/C12H21N5O3S/c1-13-11(18)12(14-10-4-7-16(2)15-10)5-8-17(9-6-12)21(3,19)20/h4,7H,5-6,8-9H2,1-3H3,(H,13,18)(H,14,15). The molecule has 9 heteroatoms. The number of rotatable bonds is 4. The van der Waals surface area contributed by atoms with Gasteiger partial charge in [0.2, 0.25) is 15.9 Å². The van der Waals surface area contributed by atoms with Gasteiger partial charge in [-0.3, -0.25) is 9.48 Å². The monoisotopic (exact) mass is 315 g/mol. The van der Waals surface area contributed by atoms with E-state index in [1.165, 1.54) is 10.6 Å². The van der Waals surface area contributed by atoms with Crippen LogP contribution in [0.3, 0.4) is 0 Å². The third kappa shape index (κ3) is 3.35. The molecule has 1 fully saturated rings. The molecule has 0 unspecified atom stereocenters. The fourth-order valence-corrected chi connectivity index (χ4v) is 3.42. The molecule has 0 aliphatic carbocycles. The predicted octanol–water partition coefficient (Wildman–Crippen LogP) is -0.628. The lowest BCUT2D eigenvalue weighted by Crippen LogP contribution is -2.58. The van der Waals surface area contributed by atoms with Gasteiger partial charge in [-0.2, -0.15) is 5.10 Å². The maximum Gasteiger partial charge on any atom is 0.245 e. The number of likely N-dealkylation sites (N-methyl/N-ethyl adjacent to an activating group) is 1. The van der Waals surface area contributed by atoms with Crippen LogP contribution in [0, 0.1) is 0 Å². The van der Waals surface area contributed by atoms with Crippen molar-refractivity contribution in [1.82, 2.24) is 19.4 Å². The number of carbonyl (C=O) groups excluding carboxylic acids is 1. The zero-order valence-electron chi connectivity index (χ0n) is 12.5. The minimum Gasteiger partial charge on any atom is -0.357 e. The minimum atomic E-state index is -3.22. The topological polar surface area (TPSA) is 96.3 Å². The summed E-state index contributed by atoms with van der Waals surface area (Å²) in [6.45, 7) is 0.623. The quantitative estimate of drug-likeness (QED) is 0.771. The Morgan fingerprint density at radius 3 is 2.43 bits per heavy atom. The average Bonchev–Trinajstić information content (AvgIpc) is 2.82. The highest BCUT2D eigenvalue weighted by molar-refractivity contribution is 7.88. The van der Waals surface area contributed by atoms with Crippen molar-refractivity contribution in [2.24, 2.45) is 7.05 Å². The Kier molecular flexibility index (Phi) is 4.24. The van der Waals surface area contributed by atoms with Crippen molar-refractivity contribution < 1.29 is 13.2 Å². The molecule has 118 valence electrons. The van der Waals surface area contributed by atoms with Crippen molar-refractivity contribution in [3.63, 3.8) is 0 Å². The zero-order valence-corrected chi connectivity index (χ0v) is 13.3. The maximum absolute atomic E-state index is 12.3. The van der Waals surface area contributed by atoms with Gasteiger partial charge in [-0.25, -0.2) is 12.7 Å². The number of amides is 1. The molecule has 0 radical (unpaired) electrons. The van der Waals surface area contributed by atoms with Gasteiger partial charge in [-0.05, 0) is 12.8 Å². The first kappa shape index (κ1) is 15.8. The average molecular weight is 315 g/mol. The molecule has 2 N–H and O–H groups in total. The summed E-state index contributed by atoms with van der Waals surface area (Å²) in [5.41, 5.74) is -0.829. The van der Waals surface area contributed by atoms with Crippen LogP contribution in [0.2, 0.25) is 0 Å². The van der Waals surface area contributed by atoms with Crippen LogP contribution in [0.4, 0.5) is 5.82 Å². The molecular weight excluding hydrogens is 294 g/mol. The van der Waals surface area contributed by atoms with E-state index in [9.17, 15) is 13.2 Å². The van der Waals surface area contributed by atoms with E-state index >= 15 is 0 Å². The third-order valence-corrected chi connectivity index (χ3v) is 5.09. The Hall–Kier alpha value is -1.61. The number of hydrogen-bond acceptors (Lipinski definition) is 5. The Morgan fingerprint density at radius 1 is 1.38 bits per heavy atom. The van der Waals surface area contributed by atoms with Crippen LogP contribution in [0.25, 0.3) is 0 Å². The van der Waals surface area contributed by atoms with Gasteiger partial charge in [0.1, 0.15) is 11.4 Å². The number of anilines is 1. The van der Waals surface area contributed by atoms with Crippen molar-refractivity contribution >= 4 is 21.7 Å². The SMILES string of the molecule is CNC(=O)C1(Nc2ccn(C)n2)CCN(S(C)(=O)=O)CC1. The van der Waals surface area contributed by atoms with Crippen LogP contribution in [0.5, 0.6) is 0 Å². The van der Waals surface area contributed by atoms with Gasteiger partial charge in [0.05, 0.1) is 6.26 Å². The van der Waals surface area contributed by atoms with Crippen LogP contribution in [-0.4, -0.2) is 60.3 Å². The van der Waals surface area contributed by atoms with E-state index in [1.807, 2.05) is 0 Å². The molecule has 1 aliphatic heterocycles. The summed E-state index contributed by atoms with van der Waals surface area (Å²) < 4.78 is 26.2. The van der Waals surface area contributed by atoms with Crippen LogP contribution < -0.4 is 10.6 Å². The van der Waals surface area contributed by atoms with Crippen molar-refractivity contribution in [1.29, 1.82) is 0 Å². The van der Waals surface area contributed by atoms with E-state index in [2.05, 4.69) is 15.7 Å². The Morgan fingerprint density at radius 2 is 2.00 bits per heavy atom. The highest BCUT2D eigenvalue weighted by Gasteiger charge is 2.43. The number of piperidine rings is 1. The largest absolute Gasteiger partial charge is 0.357 e. The van der Waals surface area contributed by atoms with Crippen molar-refractivity contribution in [2.75, 3.05) is 31.7 Å². The van der Waals surface area contributed by atoms with Crippen molar-refractivity contribution in [2.45, 2.75) is 18.4 Å². The minimum absolute atomic E-state index is 0.152. The number of nitrogens with zero attached hydrogens (tertiary/aromatic N) is 3. The summed E-state index contributed by atoms with van der Waals surface area (Å²) in [6.07, 6.45) is 3.77. The van der Waals surface area contributed by atoms with E-state index in [-0.39, 0.29) is 5.91 Å². The first-order valence-corrected chi connectivity index (χ1v) is 8.57. The highest BCUT2D eigenvalue weighted by Crippen LogP contribution is 2.27. The van der Waals surface area contributed by atoms with Crippen LogP contribution in [0.15, 0.2) is 12.3 Å². The Balaban J connectivity index is 2.19. The lowest BCUT2D eigenvalue weighted by Gasteiger charge is -2.39. The molecule has 1 aromatic rings. The molecule has 0 atom stereocenters. The molecule has 1 saturated heterocycles. The lowest BCUT2D eigenvalue weighted by molar-refractivity contribution is -0.126. The van der Waals surface area contributed by atoms with Gasteiger partial charge in [0, 0.05) is 39.4 Å². The predicted molar refractivity (Wildman–Crippen MR) is 79.3 cm³/mol. The number of aryl methyl sites for hydroxylation is 1. The summed E-state index contributed by atoms with van der Waals surface area (Å²) >= 11 is 0. The fourth-order valence-electron chi connectivity index (χ4n) is 2.57. The van der Waals surface area contributed by atoms with Gasteiger partial charge < -0.3 is 10.6 Å². The van der Waals surface area contributed by atoms with Crippen LogP contribution in [-0.2, 0) is 21.9 Å². The van der Waals surface area contributed by atoms with Crippen LogP contribution >= 0.6 is 0 Å². The van der Waals surface area contributed by atoms with E-state index in [1.54, 1.807) is 31.0 Å². The molecule has 8 nitrogen and oxygen atoms in total. The maximum atomic E-state index is 12.3. The first-order chi connectivity index (χ1) is 9.77. The summed E-state index contributed by atoms with van der Waals surface area (Å²) in [7, 11) is 0.149. The molecule has 1 aromatic heterocycles. The fraction of sp³-hybridized carbons (Fsp3) is 0.667. The highest BCUT2D eigenvalue weighted by atomic mass is 32.2. The molecule has 1 aliphatic rings. The van der Waals surface area contributed by atoms with E-state index in [0.29, 0.717) is 31.7 Å². The molecule has 0 spiro atoms. The second-order valence-corrected chi connectivity index (χ2v) is 7.31. The van der Waals surface area contributed by atoms with E-state index < -0.39 is 15.6 Å². The number of carbonyl (C=O) groups is 1. The van der Waals surface area contributed by atoms with Crippen LogP contribution in [0.1, 0.15) is 12.8 Å².